The smallest absolute Gasteiger partial charge is 0.0860 e. The van der Waals surface area contributed by atoms with Crippen LogP contribution in [0.1, 0.15) is 44.0 Å². The molecule has 0 aromatic carbocycles. The predicted octanol–water partition coefficient (Wildman–Crippen LogP) is 3.39. The summed E-state index contributed by atoms with van der Waals surface area (Å²) in [5.74, 6) is 2.93. The zero-order valence-corrected chi connectivity index (χ0v) is 12.7. The number of hydrogen-bond donors (Lipinski definition) is 1. The lowest BCUT2D eigenvalue weighted by Crippen LogP contribution is -2.26. The van der Waals surface area contributed by atoms with Gasteiger partial charge in [0, 0.05) is 13.1 Å². The second-order valence-electron chi connectivity index (χ2n) is 6.13. The van der Waals surface area contributed by atoms with Crippen molar-refractivity contribution in [1.82, 2.24) is 15.1 Å². The highest BCUT2D eigenvalue weighted by molar-refractivity contribution is 6.31. The lowest BCUT2D eigenvalue weighted by Gasteiger charge is -2.16. The minimum Gasteiger partial charge on any atom is -0.311 e. The molecule has 0 aliphatic heterocycles. The Morgan fingerprint density at radius 3 is 2.47 bits per heavy atom. The van der Waals surface area contributed by atoms with Gasteiger partial charge in [-0.25, -0.2) is 0 Å². The van der Waals surface area contributed by atoms with Gasteiger partial charge in [-0.05, 0) is 63.8 Å². The number of halogens is 1. The molecule has 4 heteroatoms. The van der Waals surface area contributed by atoms with Crippen LogP contribution in [0.4, 0.5) is 0 Å². The zero-order chi connectivity index (χ0) is 13.4. The third-order valence-corrected chi connectivity index (χ3v) is 5.07. The molecule has 0 spiro atoms. The van der Waals surface area contributed by atoms with Gasteiger partial charge < -0.3 is 5.32 Å². The van der Waals surface area contributed by atoms with Crippen molar-refractivity contribution in [1.29, 1.82) is 0 Å². The van der Waals surface area contributed by atoms with Gasteiger partial charge in [0.05, 0.1) is 16.4 Å². The van der Waals surface area contributed by atoms with Crippen LogP contribution in [0.5, 0.6) is 0 Å². The average Bonchev–Trinajstić information content (AvgIpc) is 3.27. The molecule has 1 aromatic rings. The summed E-state index contributed by atoms with van der Waals surface area (Å²) in [7, 11) is 0. The molecule has 1 N–H and O–H groups in total. The first-order chi connectivity index (χ1) is 9.20. The quantitative estimate of drug-likeness (QED) is 0.830. The minimum absolute atomic E-state index is 0.837. The summed E-state index contributed by atoms with van der Waals surface area (Å²) in [6.07, 6.45) is 5.82. The van der Waals surface area contributed by atoms with E-state index in [1.807, 2.05) is 11.6 Å². The van der Waals surface area contributed by atoms with Gasteiger partial charge in [0.15, 0.2) is 0 Å². The van der Waals surface area contributed by atoms with Crippen molar-refractivity contribution in [2.24, 2.45) is 17.8 Å². The van der Waals surface area contributed by atoms with E-state index >= 15 is 0 Å². The summed E-state index contributed by atoms with van der Waals surface area (Å²) in [5.41, 5.74) is 2.09. The maximum atomic E-state index is 6.33. The number of nitrogens with zero attached hydrogens (tertiary/aromatic N) is 2. The summed E-state index contributed by atoms with van der Waals surface area (Å²) in [6, 6.07) is 0. The number of hydrogen-bond acceptors (Lipinski definition) is 2. The fraction of sp³-hybridized carbons (Fsp3) is 0.800. The topological polar surface area (TPSA) is 29.9 Å². The van der Waals surface area contributed by atoms with E-state index in [-0.39, 0.29) is 0 Å². The van der Waals surface area contributed by atoms with E-state index in [1.54, 1.807) is 0 Å². The lowest BCUT2D eigenvalue weighted by molar-refractivity contribution is 0.375. The summed E-state index contributed by atoms with van der Waals surface area (Å²) < 4.78 is 2.02. The SMILES string of the molecule is CCn1nc(C)c(Cl)c1CNCC(C1CC1)C1CC1. The van der Waals surface area contributed by atoms with Crippen LogP contribution in [-0.2, 0) is 13.1 Å². The molecule has 0 unspecified atom stereocenters. The maximum absolute atomic E-state index is 6.33. The van der Waals surface area contributed by atoms with E-state index < -0.39 is 0 Å². The fourth-order valence-corrected chi connectivity index (χ4v) is 3.36. The maximum Gasteiger partial charge on any atom is 0.0860 e. The molecule has 2 saturated carbocycles. The summed E-state index contributed by atoms with van der Waals surface area (Å²) in [4.78, 5) is 0. The van der Waals surface area contributed by atoms with Crippen LogP contribution in [0.15, 0.2) is 0 Å². The van der Waals surface area contributed by atoms with Gasteiger partial charge in [0.1, 0.15) is 0 Å². The molecule has 0 radical (unpaired) electrons. The molecule has 1 aromatic heterocycles. The molecule has 0 saturated heterocycles. The molecular weight excluding hydrogens is 258 g/mol. The molecule has 2 aliphatic carbocycles. The van der Waals surface area contributed by atoms with Crippen LogP contribution >= 0.6 is 11.6 Å². The van der Waals surface area contributed by atoms with Crippen molar-refractivity contribution in [2.75, 3.05) is 6.54 Å². The summed E-state index contributed by atoms with van der Waals surface area (Å²) in [6.45, 7) is 6.99. The van der Waals surface area contributed by atoms with Crippen molar-refractivity contribution < 1.29 is 0 Å². The second-order valence-corrected chi connectivity index (χ2v) is 6.51. The molecule has 0 atom stereocenters. The van der Waals surface area contributed by atoms with Crippen LogP contribution in [0, 0.1) is 24.7 Å². The Bertz CT molecular complexity index is 434. The molecule has 3 rings (SSSR count). The zero-order valence-electron chi connectivity index (χ0n) is 12.0. The first-order valence-corrected chi connectivity index (χ1v) is 8.01. The molecular formula is C15H24ClN3. The van der Waals surface area contributed by atoms with Gasteiger partial charge in [-0.2, -0.15) is 5.10 Å². The Balaban J connectivity index is 1.56. The first-order valence-electron chi connectivity index (χ1n) is 7.63. The van der Waals surface area contributed by atoms with E-state index in [9.17, 15) is 0 Å². The number of aromatic nitrogens is 2. The third kappa shape index (κ3) is 2.97. The van der Waals surface area contributed by atoms with E-state index in [4.69, 9.17) is 11.6 Å². The molecule has 0 amide bonds. The summed E-state index contributed by atoms with van der Waals surface area (Å²) >= 11 is 6.33. The van der Waals surface area contributed by atoms with Crippen LogP contribution < -0.4 is 5.32 Å². The highest BCUT2D eigenvalue weighted by Gasteiger charge is 2.40. The van der Waals surface area contributed by atoms with Gasteiger partial charge in [0.2, 0.25) is 0 Å². The first kappa shape index (κ1) is 13.4. The average molecular weight is 282 g/mol. The Kier molecular flexibility index (Phi) is 3.86. The Labute approximate surface area is 120 Å². The molecule has 3 nitrogen and oxygen atoms in total. The number of rotatable bonds is 7. The Morgan fingerprint density at radius 1 is 1.32 bits per heavy atom. The standard InChI is InChI=1S/C15H24ClN3/c1-3-19-14(15(16)10(2)18-19)9-17-8-13(11-4-5-11)12-6-7-12/h11-13,17H,3-9H2,1-2H3. The van der Waals surface area contributed by atoms with Crippen LogP contribution in [-0.4, -0.2) is 16.3 Å². The van der Waals surface area contributed by atoms with Crippen LogP contribution in [0.25, 0.3) is 0 Å². The monoisotopic (exact) mass is 281 g/mol. The Morgan fingerprint density at radius 2 is 1.95 bits per heavy atom. The van der Waals surface area contributed by atoms with Crippen molar-refractivity contribution in [2.45, 2.75) is 52.6 Å². The van der Waals surface area contributed by atoms with Gasteiger partial charge in [-0.1, -0.05) is 11.6 Å². The van der Waals surface area contributed by atoms with Gasteiger partial charge in [-0.15, -0.1) is 0 Å². The highest BCUT2D eigenvalue weighted by Crippen LogP contribution is 2.48. The predicted molar refractivity (Wildman–Crippen MR) is 78.3 cm³/mol. The Hall–Kier alpha value is -0.540. The van der Waals surface area contributed by atoms with Crippen molar-refractivity contribution in [3.63, 3.8) is 0 Å². The molecule has 2 fully saturated rings. The van der Waals surface area contributed by atoms with E-state index in [2.05, 4.69) is 17.3 Å². The number of nitrogens with one attached hydrogen (secondary N) is 1. The largest absolute Gasteiger partial charge is 0.311 e. The third-order valence-electron chi connectivity index (χ3n) is 4.58. The van der Waals surface area contributed by atoms with Gasteiger partial charge in [0.25, 0.3) is 0 Å². The van der Waals surface area contributed by atoms with E-state index in [1.165, 1.54) is 25.7 Å². The van der Waals surface area contributed by atoms with Crippen molar-refractivity contribution >= 4 is 11.6 Å². The van der Waals surface area contributed by atoms with E-state index in [0.29, 0.717) is 0 Å². The van der Waals surface area contributed by atoms with Crippen LogP contribution in [0.2, 0.25) is 5.02 Å². The van der Waals surface area contributed by atoms with Crippen molar-refractivity contribution in [3.8, 4) is 0 Å². The highest BCUT2D eigenvalue weighted by atomic mass is 35.5. The molecule has 106 valence electrons. The normalized spacial score (nSPS) is 19.4. The molecule has 1 heterocycles. The molecule has 2 aliphatic rings. The van der Waals surface area contributed by atoms with Gasteiger partial charge >= 0.3 is 0 Å². The van der Waals surface area contributed by atoms with Crippen molar-refractivity contribution in [3.05, 3.63) is 16.4 Å². The minimum atomic E-state index is 0.837. The fourth-order valence-electron chi connectivity index (χ4n) is 3.16. The van der Waals surface area contributed by atoms with Gasteiger partial charge in [-0.3, -0.25) is 4.68 Å². The van der Waals surface area contributed by atoms with Crippen LogP contribution in [0.3, 0.4) is 0 Å². The van der Waals surface area contributed by atoms with E-state index in [0.717, 1.165) is 53.8 Å². The molecule has 0 bridgehead atoms. The number of aryl methyl sites for hydroxylation is 2. The lowest BCUT2D eigenvalue weighted by atomic mass is 9.98. The summed E-state index contributed by atoms with van der Waals surface area (Å²) in [5, 5.41) is 8.93. The second kappa shape index (κ2) is 5.45. The molecule has 19 heavy (non-hydrogen) atoms.